The van der Waals surface area contributed by atoms with E-state index in [1.807, 2.05) is 7.05 Å². The van der Waals surface area contributed by atoms with Gasteiger partial charge in [-0.3, -0.25) is 4.99 Å². The summed E-state index contributed by atoms with van der Waals surface area (Å²) in [5, 5.41) is 16.6. The van der Waals surface area contributed by atoms with Crippen LogP contribution >= 0.6 is 35.7 Å². The molecule has 1 saturated heterocycles. The van der Waals surface area contributed by atoms with Gasteiger partial charge in [0.25, 0.3) is 0 Å². The summed E-state index contributed by atoms with van der Waals surface area (Å²) in [6.07, 6.45) is 5.69. The summed E-state index contributed by atoms with van der Waals surface area (Å²) in [7, 11) is 1.81. The van der Waals surface area contributed by atoms with Gasteiger partial charge in [0.1, 0.15) is 0 Å². The fourth-order valence-electron chi connectivity index (χ4n) is 2.95. The number of aliphatic imine (C=N–C) groups is 1. The molecule has 3 unspecified atom stereocenters. The fourth-order valence-corrected chi connectivity index (χ4v) is 4.20. The number of hydrogen-bond acceptors (Lipinski definition) is 3. The molecule has 20 heavy (non-hydrogen) atoms. The van der Waals surface area contributed by atoms with E-state index in [1.165, 1.54) is 18.6 Å². The molecule has 2 aliphatic rings. The van der Waals surface area contributed by atoms with Gasteiger partial charge in [0.2, 0.25) is 0 Å². The van der Waals surface area contributed by atoms with Gasteiger partial charge in [0.05, 0.1) is 6.10 Å². The van der Waals surface area contributed by atoms with Crippen molar-refractivity contribution in [1.82, 2.24) is 10.6 Å². The first-order valence-corrected chi connectivity index (χ1v) is 8.38. The molecule has 0 aromatic heterocycles. The van der Waals surface area contributed by atoms with Crippen LogP contribution in [0.15, 0.2) is 4.99 Å². The maximum absolute atomic E-state index is 9.81. The Balaban J connectivity index is 0.00000200. The van der Waals surface area contributed by atoms with Crippen molar-refractivity contribution in [3.63, 3.8) is 0 Å². The lowest BCUT2D eigenvalue weighted by atomic mass is 10.1. The maximum Gasteiger partial charge on any atom is 0.191 e. The van der Waals surface area contributed by atoms with Crippen LogP contribution in [0.4, 0.5) is 0 Å². The second-order valence-corrected chi connectivity index (χ2v) is 7.65. The maximum atomic E-state index is 9.81. The molecule has 0 radical (unpaired) electrons. The molecule has 4 nitrogen and oxygen atoms in total. The predicted molar refractivity (Wildman–Crippen MR) is 98.2 cm³/mol. The van der Waals surface area contributed by atoms with Crippen molar-refractivity contribution in [3.8, 4) is 0 Å². The third-order valence-electron chi connectivity index (χ3n) is 4.30. The quantitative estimate of drug-likeness (QED) is 0.376. The summed E-state index contributed by atoms with van der Waals surface area (Å²) in [5.41, 5.74) is 0. The molecular formula is C14H28IN3OS. The molecule has 118 valence electrons. The largest absolute Gasteiger partial charge is 0.393 e. The van der Waals surface area contributed by atoms with E-state index in [2.05, 4.69) is 34.3 Å². The molecule has 0 amide bonds. The highest BCUT2D eigenvalue weighted by Gasteiger charge is 2.29. The lowest BCUT2D eigenvalue weighted by Gasteiger charge is -2.25. The molecule has 0 aromatic rings. The van der Waals surface area contributed by atoms with Gasteiger partial charge in [0.15, 0.2) is 5.96 Å². The Labute approximate surface area is 144 Å². The number of nitrogens with one attached hydrogen (secondary N) is 2. The first kappa shape index (κ1) is 18.4. The molecule has 1 saturated carbocycles. The number of guanidine groups is 1. The number of aliphatic hydroxyl groups excluding tert-OH is 1. The Bertz CT molecular complexity index is 322. The van der Waals surface area contributed by atoms with Gasteiger partial charge in [-0.1, -0.05) is 6.42 Å². The van der Waals surface area contributed by atoms with Crippen LogP contribution in [-0.4, -0.2) is 47.8 Å². The van der Waals surface area contributed by atoms with Gasteiger partial charge in [0, 0.05) is 30.8 Å². The summed E-state index contributed by atoms with van der Waals surface area (Å²) < 4.78 is 0.352. The highest BCUT2D eigenvalue weighted by molar-refractivity contribution is 14.0. The highest BCUT2D eigenvalue weighted by Crippen LogP contribution is 2.36. The molecule has 1 aliphatic heterocycles. The van der Waals surface area contributed by atoms with Gasteiger partial charge in [-0.05, 0) is 38.4 Å². The van der Waals surface area contributed by atoms with Gasteiger partial charge in [-0.25, -0.2) is 0 Å². The second-order valence-electron chi connectivity index (χ2n) is 5.97. The van der Waals surface area contributed by atoms with Crippen molar-refractivity contribution in [2.45, 2.75) is 49.9 Å². The molecule has 1 aliphatic carbocycles. The van der Waals surface area contributed by atoms with Crippen molar-refractivity contribution in [2.24, 2.45) is 10.9 Å². The minimum absolute atomic E-state index is 0. The number of halogens is 1. The Hall–Kier alpha value is 0.310. The third-order valence-corrected chi connectivity index (χ3v) is 5.84. The monoisotopic (exact) mass is 413 g/mol. The zero-order valence-corrected chi connectivity index (χ0v) is 15.7. The molecule has 0 aromatic carbocycles. The zero-order valence-electron chi connectivity index (χ0n) is 12.5. The third kappa shape index (κ3) is 5.26. The van der Waals surface area contributed by atoms with E-state index >= 15 is 0 Å². The van der Waals surface area contributed by atoms with Crippen molar-refractivity contribution < 1.29 is 5.11 Å². The van der Waals surface area contributed by atoms with Crippen molar-refractivity contribution >= 4 is 41.7 Å². The summed E-state index contributed by atoms with van der Waals surface area (Å²) >= 11 is 2.06. The average molecular weight is 413 g/mol. The molecule has 2 fully saturated rings. The number of aliphatic hydroxyl groups is 1. The van der Waals surface area contributed by atoms with Gasteiger partial charge < -0.3 is 15.7 Å². The molecule has 2 rings (SSSR count). The van der Waals surface area contributed by atoms with Gasteiger partial charge in [-0.15, -0.1) is 24.0 Å². The number of rotatable bonds is 4. The highest BCUT2D eigenvalue weighted by atomic mass is 127. The minimum atomic E-state index is -0.131. The normalized spacial score (nSPS) is 33.9. The van der Waals surface area contributed by atoms with E-state index in [0.717, 1.165) is 38.3 Å². The molecule has 1 heterocycles. The van der Waals surface area contributed by atoms with Crippen molar-refractivity contribution in [2.75, 3.05) is 25.9 Å². The minimum Gasteiger partial charge on any atom is -0.393 e. The Kier molecular flexibility index (Phi) is 7.97. The van der Waals surface area contributed by atoms with Crippen LogP contribution < -0.4 is 10.6 Å². The van der Waals surface area contributed by atoms with E-state index in [4.69, 9.17) is 0 Å². The Morgan fingerprint density at radius 3 is 2.70 bits per heavy atom. The van der Waals surface area contributed by atoms with Crippen molar-refractivity contribution in [3.05, 3.63) is 0 Å². The van der Waals surface area contributed by atoms with Gasteiger partial charge in [-0.2, -0.15) is 11.8 Å². The molecule has 0 bridgehead atoms. The first-order valence-electron chi connectivity index (χ1n) is 7.39. The van der Waals surface area contributed by atoms with Crippen LogP contribution in [0.1, 0.15) is 39.0 Å². The second kappa shape index (κ2) is 8.68. The van der Waals surface area contributed by atoms with Crippen LogP contribution in [0, 0.1) is 5.92 Å². The SMILES string of the molecule is CN=C(NCC1CCCC1O)NCC1(C)CCCS1.I. The molecular weight excluding hydrogens is 385 g/mol. The van der Waals surface area contributed by atoms with Crippen LogP contribution in [-0.2, 0) is 0 Å². The van der Waals surface area contributed by atoms with Crippen molar-refractivity contribution in [1.29, 1.82) is 0 Å². The van der Waals surface area contributed by atoms with E-state index in [1.54, 1.807) is 0 Å². The topological polar surface area (TPSA) is 56.7 Å². The fraction of sp³-hybridized carbons (Fsp3) is 0.929. The van der Waals surface area contributed by atoms with Gasteiger partial charge >= 0.3 is 0 Å². The summed E-state index contributed by atoms with van der Waals surface area (Å²) in [6, 6.07) is 0. The number of nitrogens with zero attached hydrogens (tertiary/aromatic N) is 1. The summed E-state index contributed by atoms with van der Waals surface area (Å²) in [6.45, 7) is 4.11. The summed E-state index contributed by atoms with van der Waals surface area (Å²) in [4.78, 5) is 4.27. The standard InChI is InChI=1S/C14H27N3OS.HI/c1-14(7-4-8-19-14)10-17-13(15-2)16-9-11-5-3-6-12(11)18;/h11-12,18H,3-10H2,1-2H3,(H2,15,16,17);1H. The average Bonchev–Trinajstić information content (AvgIpc) is 3.00. The van der Waals surface area contributed by atoms with Crippen LogP contribution in [0.5, 0.6) is 0 Å². The zero-order chi connectivity index (χ0) is 13.7. The Morgan fingerprint density at radius 1 is 1.35 bits per heavy atom. The van der Waals surface area contributed by atoms with Crippen LogP contribution in [0.25, 0.3) is 0 Å². The number of hydrogen-bond donors (Lipinski definition) is 3. The Morgan fingerprint density at radius 2 is 2.15 bits per heavy atom. The van der Waals surface area contributed by atoms with E-state index < -0.39 is 0 Å². The smallest absolute Gasteiger partial charge is 0.191 e. The lowest BCUT2D eigenvalue weighted by Crippen LogP contribution is -2.45. The summed E-state index contributed by atoms with van der Waals surface area (Å²) in [5.74, 6) is 2.53. The van der Waals surface area contributed by atoms with Crippen LogP contribution in [0.3, 0.4) is 0 Å². The molecule has 3 atom stereocenters. The predicted octanol–water partition coefficient (Wildman–Crippen LogP) is 2.22. The van der Waals surface area contributed by atoms with Crippen LogP contribution in [0.2, 0.25) is 0 Å². The van der Waals surface area contributed by atoms with E-state index in [0.29, 0.717) is 10.7 Å². The molecule has 6 heteroatoms. The first-order chi connectivity index (χ1) is 9.13. The van der Waals surface area contributed by atoms with E-state index in [9.17, 15) is 5.11 Å². The van der Waals surface area contributed by atoms with E-state index in [-0.39, 0.29) is 30.1 Å². The lowest BCUT2D eigenvalue weighted by molar-refractivity contribution is 0.134. The molecule has 0 spiro atoms. The molecule has 3 N–H and O–H groups in total. The number of thioether (sulfide) groups is 1.